The number of hydrogen-bond acceptors (Lipinski definition) is 4. The molecule has 0 radical (unpaired) electrons. The molecule has 2 heterocycles. The van der Waals surface area contributed by atoms with E-state index in [2.05, 4.69) is 5.32 Å². The Kier molecular flexibility index (Phi) is 6.04. The van der Waals surface area contributed by atoms with Gasteiger partial charge >= 0.3 is 0 Å². The number of hydrogen-bond donors (Lipinski definition) is 1. The van der Waals surface area contributed by atoms with Gasteiger partial charge in [-0.05, 0) is 18.1 Å². The largest absolute Gasteiger partial charge is 0.378 e. The number of morpholine rings is 1. The first kappa shape index (κ1) is 17.9. The van der Waals surface area contributed by atoms with Crippen molar-refractivity contribution in [2.24, 2.45) is 0 Å². The van der Waals surface area contributed by atoms with Crippen LogP contribution in [-0.4, -0.2) is 73.6 Å². The quantitative estimate of drug-likeness (QED) is 0.868. The Balaban J connectivity index is 1.45. The second-order valence-corrected chi connectivity index (χ2v) is 6.79. The van der Waals surface area contributed by atoms with E-state index >= 15 is 0 Å². The summed E-state index contributed by atoms with van der Waals surface area (Å²) in [7, 11) is 0. The predicted octanol–water partition coefficient (Wildman–Crippen LogP) is 0.587. The van der Waals surface area contributed by atoms with Crippen LogP contribution in [-0.2, 0) is 20.7 Å². The van der Waals surface area contributed by atoms with Gasteiger partial charge in [0, 0.05) is 45.2 Å². The van der Waals surface area contributed by atoms with Crippen molar-refractivity contribution in [3.63, 3.8) is 0 Å². The van der Waals surface area contributed by atoms with Crippen LogP contribution in [0.25, 0.3) is 0 Å². The van der Waals surface area contributed by atoms with E-state index < -0.39 is 0 Å². The highest BCUT2D eigenvalue weighted by Crippen LogP contribution is 2.12. The van der Waals surface area contributed by atoms with Crippen LogP contribution in [0.4, 0.5) is 0 Å². The van der Waals surface area contributed by atoms with Crippen LogP contribution in [0.2, 0.25) is 0 Å². The third-order valence-electron chi connectivity index (χ3n) is 5.01. The van der Waals surface area contributed by atoms with Crippen molar-refractivity contribution in [2.45, 2.75) is 25.8 Å². The van der Waals surface area contributed by atoms with Gasteiger partial charge in [-0.25, -0.2) is 0 Å². The van der Waals surface area contributed by atoms with Gasteiger partial charge in [0.15, 0.2) is 0 Å². The summed E-state index contributed by atoms with van der Waals surface area (Å²) in [4.78, 5) is 28.7. The summed E-state index contributed by atoms with van der Waals surface area (Å²) in [5.74, 6) is 0.290. The number of carbonyl (C=O) groups is 2. The summed E-state index contributed by atoms with van der Waals surface area (Å²) in [5.41, 5.74) is 2.22. The third kappa shape index (κ3) is 4.80. The van der Waals surface area contributed by atoms with Gasteiger partial charge in [0.2, 0.25) is 11.8 Å². The normalized spacial score (nSPS) is 21.2. The van der Waals surface area contributed by atoms with Crippen molar-refractivity contribution in [2.75, 3.05) is 45.9 Å². The first-order valence-electron chi connectivity index (χ1n) is 9.04. The standard InChI is InChI=1S/C19H27N3O3/c1-15-4-2-3-5-16(15)12-18(23)21-7-9-22(10-8-21)19(24)13-17-14-25-11-6-20-17/h2-5,17,20H,6-14H2,1H3. The molecule has 1 unspecified atom stereocenters. The highest BCUT2D eigenvalue weighted by Gasteiger charge is 2.26. The zero-order valence-electron chi connectivity index (χ0n) is 14.9. The summed E-state index contributed by atoms with van der Waals surface area (Å²) in [6.07, 6.45) is 0.904. The Morgan fingerprint density at radius 3 is 2.44 bits per heavy atom. The fourth-order valence-corrected chi connectivity index (χ4v) is 3.38. The number of nitrogens with zero attached hydrogens (tertiary/aromatic N) is 2. The number of benzene rings is 1. The van der Waals surface area contributed by atoms with Crippen LogP contribution in [0, 0.1) is 6.92 Å². The highest BCUT2D eigenvalue weighted by molar-refractivity contribution is 5.80. The van der Waals surface area contributed by atoms with Gasteiger partial charge in [-0.3, -0.25) is 9.59 Å². The lowest BCUT2D eigenvalue weighted by Gasteiger charge is -2.36. The van der Waals surface area contributed by atoms with Crippen molar-refractivity contribution in [1.82, 2.24) is 15.1 Å². The maximum Gasteiger partial charge on any atom is 0.227 e. The average molecular weight is 345 g/mol. The zero-order valence-corrected chi connectivity index (χ0v) is 14.9. The molecule has 3 rings (SSSR count). The minimum absolute atomic E-state index is 0.113. The molecule has 1 N–H and O–H groups in total. The summed E-state index contributed by atoms with van der Waals surface area (Å²) in [6, 6.07) is 8.10. The lowest BCUT2D eigenvalue weighted by atomic mass is 10.1. The molecule has 2 aliphatic rings. The first-order valence-corrected chi connectivity index (χ1v) is 9.04. The Morgan fingerprint density at radius 1 is 1.12 bits per heavy atom. The highest BCUT2D eigenvalue weighted by atomic mass is 16.5. The van der Waals surface area contributed by atoms with E-state index in [9.17, 15) is 9.59 Å². The first-order chi connectivity index (χ1) is 12.1. The molecule has 0 spiro atoms. The fraction of sp³-hybridized carbons (Fsp3) is 0.579. The molecular formula is C19H27N3O3. The molecule has 1 aromatic rings. The molecule has 2 fully saturated rings. The third-order valence-corrected chi connectivity index (χ3v) is 5.01. The molecule has 0 aromatic heterocycles. The number of piperazine rings is 1. The number of carbonyl (C=O) groups excluding carboxylic acids is 2. The van der Waals surface area contributed by atoms with E-state index in [-0.39, 0.29) is 17.9 Å². The summed E-state index contributed by atoms with van der Waals surface area (Å²) in [5, 5.41) is 3.31. The number of nitrogens with one attached hydrogen (secondary N) is 1. The summed E-state index contributed by atoms with van der Waals surface area (Å²) < 4.78 is 5.40. The van der Waals surface area contributed by atoms with E-state index in [4.69, 9.17) is 4.74 Å². The minimum atomic E-state index is 0.113. The molecule has 0 bridgehead atoms. The van der Waals surface area contributed by atoms with Gasteiger partial charge in [0.25, 0.3) is 0 Å². The molecule has 6 heteroatoms. The van der Waals surface area contributed by atoms with Gasteiger partial charge in [0.1, 0.15) is 0 Å². The molecule has 1 atom stereocenters. The van der Waals surface area contributed by atoms with Gasteiger partial charge < -0.3 is 19.9 Å². The van der Waals surface area contributed by atoms with E-state index in [0.29, 0.717) is 52.2 Å². The van der Waals surface area contributed by atoms with Crippen LogP contribution < -0.4 is 5.32 Å². The summed E-state index contributed by atoms with van der Waals surface area (Å²) >= 11 is 0. The minimum Gasteiger partial charge on any atom is -0.378 e. The molecule has 2 aliphatic heterocycles. The fourth-order valence-electron chi connectivity index (χ4n) is 3.38. The zero-order chi connectivity index (χ0) is 17.6. The molecule has 25 heavy (non-hydrogen) atoms. The Labute approximate surface area is 149 Å². The van der Waals surface area contributed by atoms with Crippen LogP contribution in [0.1, 0.15) is 17.5 Å². The summed E-state index contributed by atoms with van der Waals surface area (Å²) in [6.45, 7) is 6.61. The van der Waals surface area contributed by atoms with Crippen LogP contribution in [0.15, 0.2) is 24.3 Å². The van der Waals surface area contributed by atoms with Crippen LogP contribution in [0.5, 0.6) is 0 Å². The van der Waals surface area contributed by atoms with Crippen molar-refractivity contribution in [3.8, 4) is 0 Å². The van der Waals surface area contributed by atoms with E-state index in [1.165, 1.54) is 0 Å². The van der Waals surface area contributed by atoms with Gasteiger partial charge in [-0.2, -0.15) is 0 Å². The molecule has 136 valence electrons. The molecule has 2 amide bonds. The van der Waals surface area contributed by atoms with Gasteiger partial charge in [-0.1, -0.05) is 24.3 Å². The topological polar surface area (TPSA) is 61.9 Å². The Hall–Kier alpha value is -1.92. The maximum atomic E-state index is 12.5. The van der Waals surface area contributed by atoms with Crippen molar-refractivity contribution < 1.29 is 14.3 Å². The lowest BCUT2D eigenvalue weighted by molar-refractivity contribution is -0.139. The predicted molar refractivity (Wildman–Crippen MR) is 95.3 cm³/mol. The van der Waals surface area contributed by atoms with Crippen LogP contribution in [0.3, 0.4) is 0 Å². The van der Waals surface area contributed by atoms with E-state index in [0.717, 1.165) is 17.7 Å². The molecule has 0 saturated carbocycles. The van der Waals surface area contributed by atoms with E-state index in [1.54, 1.807) is 0 Å². The molecule has 2 saturated heterocycles. The molecular weight excluding hydrogens is 318 g/mol. The number of rotatable bonds is 4. The Morgan fingerprint density at radius 2 is 1.80 bits per heavy atom. The van der Waals surface area contributed by atoms with E-state index in [1.807, 2.05) is 41.0 Å². The van der Waals surface area contributed by atoms with Gasteiger partial charge in [-0.15, -0.1) is 0 Å². The SMILES string of the molecule is Cc1ccccc1CC(=O)N1CCN(C(=O)CC2COCCN2)CC1. The Bertz CT molecular complexity index is 606. The molecule has 6 nitrogen and oxygen atoms in total. The van der Waals surface area contributed by atoms with Gasteiger partial charge in [0.05, 0.1) is 19.6 Å². The number of amides is 2. The molecule has 1 aromatic carbocycles. The smallest absolute Gasteiger partial charge is 0.227 e. The lowest BCUT2D eigenvalue weighted by Crippen LogP contribution is -2.52. The van der Waals surface area contributed by atoms with Crippen molar-refractivity contribution in [1.29, 1.82) is 0 Å². The monoisotopic (exact) mass is 345 g/mol. The maximum absolute atomic E-state index is 12.5. The number of aryl methyl sites for hydroxylation is 1. The molecule has 0 aliphatic carbocycles. The average Bonchev–Trinajstić information content (AvgIpc) is 2.64. The van der Waals surface area contributed by atoms with Crippen molar-refractivity contribution in [3.05, 3.63) is 35.4 Å². The second kappa shape index (κ2) is 8.45. The van der Waals surface area contributed by atoms with Crippen LogP contribution >= 0.6 is 0 Å². The second-order valence-electron chi connectivity index (χ2n) is 6.79. The van der Waals surface area contributed by atoms with Crippen molar-refractivity contribution >= 4 is 11.8 Å². The number of ether oxygens (including phenoxy) is 1.